The Labute approximate surface area is 106 Å². The highest BCUT2D eigenvalue weighted by atomic mass is 16.4. The van der Waals surface area contributed by atoms with Crippen LogP contribution in [0.25, 0.3) is 0 Å². The van der Waals surface area contributed by atoms with Crippen molar-refractivity contribution in [3.8, 4) is 0 Å². The molecular formula is C13H18N2O3. The summed E-state index contributed by atoms with van der Waals surface area (Å²) in [7, 11) is 0. The molecule has 18 heavy (non-hydrogen) atoms. The number of hydrogen-bond acceptors (Lipinski definition) is 3. The zero-order valence-corrected chi connectivity index (χ0v) is 10.5. The molecular weight excluding hydrogens is 232 g/mol. The van der Waals surface area contributed by atoms with Gasteiger partial charge in [-0.25, -0.2) is 0 Å². The number of benzene rings is 1. The molecule has 1 rings (SSSR count). The molecule has 1 aromatic carbocycles. The molecule has 5 nitrogen and oxygen atoms in total. The van der Waals surface area contributed by atoms with Crippen molar-refractivity contribution in [3.05, 3.63) is 35.9 Å². The molecule has 2 unspecified atom stereocenters. The van der Waals surface area contributed by atoms with Gasteiger partial charge < -0.3 is 10.4 Å². The van der Waals surface area contributed by atoms with Crippen LogP contribution in [0.2, 0.25) is 0 Å². The lowest BCUT2D eigenvalue weighted by Crippen LogP contribution is -2.45. The van der Waals surface area contributed by atoms with Gasteiger partial charge in [0, 0.05) is 6.54 Å². The van der Waals surface area contributed by atoms with Crippen LogP contribution in [0.4, 0.5) is 0 Å². The average molecular weight is 250 g/mol. The van der Waals surface area contributed by atoms with E-state index in [9.17, 15) is 14.7 Å². The number of hydrogen-bond donors (Lipinski definition) is 3. The second-order valence-electron chi connectivity index (χ2n) is 3.96. The molecule has 98 valence electrons. The van der Waals surface area contributed by atoms with Gasteiger partial charge in [-0.2, -0.15) is 0 Å². The summed E-state index contributed by atoms with van der Waals surface area (Å²) in [6.45, 7) is 3.98. The van der Waals surface area contributed by atoms with Crippen molar-refractivity contribution >= 4 is 11.9 Å². The highest BCUT2D eigenvalue weighted by Gasteiger charge is 2.24. The van der Waals surface area contributed by atoms with E-state index >= 15 is 0 Å². The minimum atomic E-state index is -1.00. The molecule has 2 atom stereocenters. The van der Waals surface area contributed by atoms with E-state index in [0.29, 0.717) is 12.1 Å². The first-order valence-electron chi connectivity index (χ1n) is 5.87. The molecule has 0 aliphatic rings. The molecule has 0 bridgehead atoms. The predicted molar refractivity (Wildman–Crippen MR) is 68.1 cm³/mol. The summed E-state index contributed by atoms with van der Waals surface area (Å²) in [5.41, 5.74) is 0.626. The Kier molecular flexibility index (Phi) is 5.32. The fourth-order valence-electron chi connectivity index (χ4n) is 1.61. The monoisotopic (exact) mass is 250 g/mol. The van der Waals surface area contributed by atoms with Gasteiger partial charge in [0.15, 0.2) is 0 Å². The van der Waals surface area contributed by atoms with Crippen molar-refractivity contribution in [2.45, 2.75) is 25.9 Å². The van der Waals surface area contributed by atoms with Crippen LogP contribution in [-0.2, 0) is 9.59 Å². The van der Waals surface area contributed by atoms with Crippen molar-refractivity contribution in [1.29, 1.82) is 0 Å². The Morgan fingerprint density at radius 1 is 1.28 bits per heavy atom. The van der Waals surface area contributed by atoms with Gasteiger partial charge in [0.05, 0.1) is 6.04 Å². The number of likely N-dealkylation sites (N-methyl/N-ethyl adjacent to an activating group) is 1. The third-order valence-corrected chi connectivity index (χ3v) is 2.54. The van der Waals surface area contributed by atoms with E-state index < -0.39 is 18.1 Å². The number of carboxylic acid groups (broad SMARTS) is 1. The van der Waals surface area contributed by atoms with E-state index in [1.807, 2.05) is 13.0 Å². The predicted octanol–water partition coefficient (Wildman–Crippen LogP) is 0.926. The van der Waals surface area contributed by atoms with Gasteiger partial charge in [-0.05, 0) is 19.4 Å². The lowest BCUT2D eigenvalue weighted by Gasteiger charge is -2.19. The summed E-state index contributed by atoms with van der Waals surface area (Å²) >= 11 is 0. The molecule has 0 aliphatic carbocycles. The Morgan fingerprint density at radius 2 is 1.89 bits per heavy atom. The number of amides is 1. The summed E-state index contributed by atoms with van der Waals surface area (Å²) in [6, 6.07) is 7.34. The molecule has 0 radical (unpaired) electrons. The van der Waals surface area contributed by atoms with Crippen molar-refractivity contribution in [1.82, 2.24) is 10.6 Å². The second kappa shape index (κ2) is 6.76. The Balaban J connectivity index is 2.76. The van der Waals surface area contributed by atoms with Crippen molar-refractivity contribution in [2.75, 3.05) is 6.54 Å². The molecule has 3 N–H and O–H groups in total. The molecule has 0 heterocycles. The van der Waals surface area contributed by atoms with Gasteiger partial charge in [-0.1, -0.05) is 30.3 Å². The molecule has 0 saturated carbocycles. The van der Waals surface area contributed by atoms with Crippen LogP contribution in [0.3, 0.4) is 0 Å². The third kappa shape index (κ3) is 3.85. The quantitative estimate of drug-likeness (QED) is 0.701. The first kappa shape index (κ1) is 14.2. The molecule has 0 aromatic heterocycles. The van der Waals surface area contributed by atoms with Crippen LogP contribution in [0.1, 0.15) is 25.5 Å². The van der Waals surface area contributed by atoms with Gasteiger partial charge >= 0.3 is 5.97 Å². The fourth-order valence-corrected chi connectivity index (χ4v) is 1.61. The van der Waals surface area contributed by atoms with E-state index in [1.165, 1.54) is 0 Å². The summed E-state index contributed by atoms with van der Waals surface area (Å²) in [5, 5.41) is 14.6. The maximum Gasteiger partial charge on any atom is 0.325 e. The van der Waals surface area contributed by atoms with E-state index in [1.54, 1.807) is 31.2 Å². The van der Waals surface area contributed by atoms with Crippen LogP contribution in [0, 0.1) is 0 Å². The van der Waals surface area contributed by atoms with Crippen molar-refractivity contribution < 1.29 is 14.7 Å². The third-order valence-electron chi connectivity index (χ3n) is 2.54. The summed E-state index contributed by atoms with van der Waals surface area (Å²) in [5.74, 6) is -1.21. The number of rotatable bonds is 6. The minimum Gasteiger partial charge on any atom is -0.480 e. The summed E-state index contributed by atoms with van der Waals surface area (Å²) in [4.78, 5) is 22.8. The lowest BCUT2D eigenvalue weighted by atomic mass is 10.1. The Bertz CT molecular complexity index is 406. The first-order valence-corrected chi connectivity index (χ1v) is 5.87. The largest absolute Gasteiger partial charge is 0.480 e. The lowest BCUT2D eigenvalue weighted by molar-refractivity contribution is -0.140. The van der Waals surface area contributed by atoms with Crippen LogP contribution in [0.5, 0.6) is 0 Å². The maximum atomic E-state index is 11.6. The standard InChI is InChI=1S/C13H18N2O3/c1-3-14-12(16)9(2)15-11(13(17)18)10-7-5-4-6-8-10/h4-9,11,15H,3H2,1-2H3,(H,14,16)(H,17,18). The number of nitrogens with one attached hydrogen (secondary N) is 2. The summed E-state index contributed by atoms with van der Waals surface area (Å²) < 4.78 is 0. The van der Waals surface area contributed by atoms with E-state index in [-0.39, 0.29) is 5.91 Å². The number of carboxylic acids is 1. The molecule has 1 amide bonds. The first-order chi connectivity index (χ1) is 8.56. The number of aliphatic carboxylic acids is 1. The van der Waals surface area contributed by atoms with Crippen LogP contribution < -0.4 is 10.6 Å². The highest BCUT2D eigenvalue weighted by molar-refractivity contribution is 5.83. The van der Waals surface area contributed by atoms with Gasteiger partial charge in [0.25, 0.3) is 0 Å². The van der Waals surface area contributed by atoms with E-state index in [4.69, 9.17) is 0 Å². The molecule has 0 saturated heterocycles. The maximum absolute atomic E-state index is 11.6. The van der Waals surface area contributed by atoms with Gasteiger partial charge in [-0.3, -0.25) is 14.9 Å². The Morgan fingerprint density at radius 3 is 2.39 bits per heavy atom. The van der Waals surface area contributed by atoms with Crippen molar-refractivity contribution in [3.63, 3.8) is 0 Å². The zero-order chi connectivity index (χ0) is 13.5. The van der Waals surface area contributed by atoms with Crippen molar-refractivity contribution in [2.24, 2.45) is 0 Å². The topological polar surface area (TPSA) is 78.4 Å². The van der Waals surface area contributed by atoms with Gasteiger partial charge in [0.2, 0.25) is 5.91 Å². The molecule has 0 spiro atoms. The SMILES string of the molecule is CCNC(=O)C(C)NC(C(=O)O)c1ccccc1. The average Bonchev–Trinajstić information content (AvgIpc) is 2.36. The van der Waals surface area contributed by atoms with Crippen LogP contribution >= 0.6 is 0 Å². The molecule has 1 aromatic rings. The van der Waals surface area contributed by atoms with Gasteiger partial charge in [0.1, 0.15) is 6.04 Å². The smallest absolute Gasteiger partial charge is 0.325 e. The minimum absolute atomic E-state index is 0.209. The van der Waals surface area contributed by atoms with E-state index in [2.05, 4.69) is 10.6 Å². The van der Waals surface area contributed by atoms with E-state index in [0.717, 1.165) is 0 Å². The number of carbonyl (C=O) groups excluding carboxylic acids is 1. The van der Waals surface area contributed by atoms with Gasteiger partial charge in [-0.15, -0.1) is 0 Å². The van der Waals surface area contributed by atoms with Crippen LogP contribution in [-0.4, -0.2) is 29.6 Å². The second-order valence-corrected chi connectivity index (χ2v) is 3.96. The molecule has 5 heteroatoms. The normalized spacial score (nSPS) is 13.7. The zero-order valence-electron chi connectivity index (χ0n) is 10.5. The Hall–Kier alpha value is -1.88. The fraction of sp³-hybridized carbons (Fsp3) is 0.385. The number of carbonyl (C=O) groups is 2. The molecule has 0 fully saturated rings. The van der Waals surface area contributed by atoms with Crippen LogP contribution in [0.15, 0.2) is 30.3 Å². The summed E-state index contributed by atoms with van der Waals surface area (Å²) in [6.07, 6.45) is 0. The highest BCUT2D eigenvalue weighted by Crippen LogP contribution is 2.13. The molecule has 0 aliphatic heterocycles.